The summed E-state index contributed by atoms with van der Waals surface area (Å²) in [5.41, 5.74) is -1.23. The number of allylic oxidation sites excluding steroid dienone is 1. The van der Waals surface area contributed by atoms with Gasteiger partial charge in [0, 0.05) is 11.8 Å². The van der Waals surface area contributed by atoms with Crippen molar-refractivity contribution in [3.8, 4) is 0 Å². The molecule has 0 bridgehead atoms. The van der Waals surface area contributed by atoms with Crippen molar-refractivity contribution in [2.45, 2.75) is 70.5 Å². The Labute approximate surface area is 154 Å². The molecule has 0 amide bonds. The van der Waals surface area contributed by atoms with E-state index in [-0.39, 0.29) is 29.0 Å². The molecule has 5 nitrogen and oxygen atoms in total. The van der Waals surface area contributed by atoms with Crippen LogP contribution in [0.5, 0.6) is 0 Å². The van der Waals surface area contributed by atoms with Gasteiger partial charge in [0.15, 0.2) is 11.6 Å². The lowest BCUT2D eigenvalue weighted by molar-refractivity contribution is -0.182. The van der Waals surface area contributed by atoms with Gasteiger partial charge in [0.1, 0.15) is 12.2 Å². The van der Waals surface area contributed by atoms with E-state index in [1.165, 1.54) is 5.57 Å². The smallest absolute Gasteiger partial charge is 0.190 e. The molecular formula is C21H30O5. The van der Waals surface area contributed by atoms with Crippen LogP contribution in [0, 0.1) is 28.6 Å². The second kappa shape index (κ2) is 5.73. The van der Waals surface area contributed by atoms with Gasteiger partial charge in [0.25, 0.3) is 0 Å². The summed E-state index contributed by atoms with van der Waals surface area (Å²) in [6.45, 7) is 3.46. The minimum Gasteiger partial charge on any atom is -0.393 e. The van der Waals surface area contributed by atoms with E-state index in [1.54, 1.807) is 6.08 Å². The number of ketones is 2. The molecule has 0 aliphatic heterocycles. The highest BCUT2D eigenvalue weighted by molar-refractivity contribution is 5.91. The zero-order valence-electron chi connectivity index (χ0n) is 15.7. The lowest BCUT2D eigenvalue weighted by Crippen LogP contribution is -2.62. The van der Waals surface area contributed by atoms with Gasteiger partial charge in [-0.3, -0.25) is 9.59 Å². The van der Waals surface area contributed by atoms with Gasteiger partial charge >= 0.3 is 0 Å². The number of carbonyl (C=O) groups excluding carboxylic acids is 2. The quantitative estimate of drug-likeness (QED) is 0.696. The third kappa shape index (κ3) is 2.14. The SMILES string of the molecule is CC12CCC(=O)C=C1CCC1C2[C@@H](O)CC2(C)C1CC[C@]2(O)C(=O)CO. The first-order chi connectivity index (χ1) is 12.2. The van der Waals surface area contributed by atoms with Gasteiger partial charge < -0.3 is 15.3 Å². The molecule has 26 heavy (non-hydrogen) atoms. The van der Waals surface area contributed by atoms with Crippen LogP contribution in [-0.4, -0.2) is 45.2 Å². The van der Waals surface area contributed by atoms with Crippen LogP contribution in [0.4, 0.5) is 0 Å². The normalized spacial score (nSPS) is 50.5. The molecule has 3 N–H and O–H groups in total. The van der Waals surface area contributed by atoms with E-state index in [2.05, 4.69) is 6.92 Å². The molecule has 5 unspecified atom stereocenters. The highest BCUT2D eigenvalue weighted by Gasteiger charge is 2.68. The van der Waals surface area contributed by atoms with E-state index < -0.39 is 29.5 Å². The maximum Gasteiger partial charge on any atom is 0.190 e. The number of aliphatic hydroxyl groups is 3. The Morgan fingerprint density at radius 2 is 1.96 bits per heavy atom. The molecule has 7 atom stereocenters. The summed E-state index contributed by atoms with van der Waals surface area (Å²) in [7, 11) is 0. The highest BCUT2D eigenvalue weighted by atomic mass is 16.3. The molecule has 3 saturated carbocycles. The number of hydrogen-bond acceptors (Lipinski definition) is 5. The molecule has 0 spiro atoms. The molecule has 0 aromatic carbocycles. The molecule has 144 valence electrons. The molecule has 3 fully saturated rings. The Bertz CT molecular complexity index is 684. The predicted molar refractivity (Wildman–Crippen MR) is 95.1 cm³/mol. The summed E-state index contributed by atoms with van der Waals surface area (Å²) < 4.78 is 0. The average Bonchev–Trinajstić information content (AvgIpc) is 2.86. The largest absolute Gasteiger partial charge is 0.393 e. The zero-order valence-corrected chi connectivity index (χ0v) is 15.7. The predicted octanol–water partition coefficient (Wildman–Crippen LogP) is 1.78. The number of fused-ring (bicyclic) bond motifs is 5. The van der Waals surface area contributed by atoms with E-state index in [9.17, 15) is 24.9 Å². The van der Waals surface area contributed by atoms with E-state index >= 15 is 0 Å². The summed E-state index contributed by atoms with van der Waals surface area (Å²) in [6.07, 6.45) is 5.74. The average molecular weight is 362 g/mol. The minimum atomic E-state index is -1.54. The van der Waals surface area contributed by atoms with Crippen molar-refractivity contribution >= 4 is 11.6 Å². The first-order valence-corrected chi connectivity index (χ1v) is 9.96. The number of aliphatic hydroxyl groups excluding tert-OH is 2. The fourth-order valence-electron chi connectivity index (χ4n) is 7.28. The van der Waals surface area contributed by atoms with E-state index in [0.29, 0.717) is 19.3 Å². The summed E-state index contributed by atoms with van der Waals surface area (Å²) in [5, 5.41) is 31.7. The van der Waals surface area contributed by atoms with Gasteiger partial charge in [-0.2, -0.15) is 0 Å². The molecule has 5 heteroatoms. The minimum absolute atomic E-state index is 0.0697. The van der Waals surface area contributed by atoms with E-state index in [4.69, 9.17) is 0 Å². The monoisotopic (exact) mass is 362 g/mol. The maximum atomic E-state index is 12.4. The van der Waals surface area contributed by atoms with Gasteiger partial charge in [-0.25, -0.2) is 0 Å². The van der Waals surface area contributed by atoms with Crippen LogP contribution in [-0.2, 0) is 9.59 Å². The molecule has 0 saturated heterocycles. The van der Waals surface area contributed by atoms with Crippen molar-refractivity contribution < 1.29 is 24.9 Å². The van der Waals surface area contributed by atoms with Crippen molar-refractivity contribution in [3.63, 3.8) is 0 Å². The standard InChI is InChI=1S/C21H30O5/c1-19-7-5-13(23)9-12(19)3-4-14-15-6-8-21(26,17(25)11-22)20(15,2)10-16(24)18(14)19/h9,14-16,18,22,24,26H,3-8,10-11H2,1-2H3/t14?,15?,16-,18?,19?,20?,21-/m0/s1. The molecule has 4 rings (SSSR count). The molecule has 4 aliphatic rings. The van der Waals surface area contributed by atoms with Gasteiger partial charge in [-0.05, 0) is 67.8 Å². The van der Waals surface area contributed by atoms with Crippen LogP contribution in [0.1, 0.15) is 58.8 Å². The first-order valence-electron chi connectivity index (χ1n) is 9.96. The summed E-state index contributed by atoms with van der Waals surface area (Å²) >= 11 is 0. The molecule has 0 aromatic heterocycles. The van der Waals surface area contributed by atoms with Crippen LogP contribution >= 0.6 is 0 Å². The van der Waals surface area contributed by atoms with Crippen LogP contribution in [0.25, 0.3) is 0 Å². The first kappa shape index (κ1) is 18.3. The second-order valence-corrected chi connectivity index (χ2v) is 9.56. The van der Waals surface area contributed by atoms with E-state index in [1.807, 2.05) is 6.92 Å². The number of carbonyl (C=O) groups is 2. The Morgan fingerprint density at radius 1 is 1.23 bits per heavy atom. The van der Waals surface area contributed by atoms with Gasteiger partial charge in [-0.1, -0.05) is 19.4 Å². The van der Waals surface area contributed by atoms with Crippen molar-refractivity contribution in [1.29, 1.82) is 0 Å². The zero-order chi connectivity index (χ0) is 18.9. The molecule has 4 aliphatic carbocycles. The van der Waals surface area contributed by atoms with Crippen LogP contribution in [0.2, 0.25) is 0 Å². The second-order valence-electron chi connectivity index (χ2n) is 9.56. The van der Waals surface area contributed by atoms with Crippen molar-refractivity contribution in [2.75, 3.05) is 6.61 Å². The topological polar surface area (TPSA) is 94.8 Å². The molecule has 0 heterocycles. The molecule has 0 radical (unpaired) electrons. The third-order valence-electron chi connectivity index (χ3n) is 8.65. The van der Waals surface area contributed by atoms with Crippen LogP contribution < -0.4 is 0 Å². The lowest BCUT2D eigenvalue weighted by Gasteiger charge is -2.60. The number of Topliss-reactive ketones (excluding diaryl/α,β-unsaturated/α-hetero) is 1. The van der Waals surface area contributed by atoms with Gasteiger partial charge in [0.2, 0.25) is 0 Å². The van der Waals surface area contributed by atoms with Crippen LogP contribution in [0.15, 0.2) is 11.6 Å². The summed E-state index contributed by atoms with van der Waals surface area (Å²) in [5.74, 6) is 0.140. The van der Waals surface area contributed by atoms with Crippen molar-refractivity contribution in [1.82, 2.24) is 0 Å². The fourth-order valence-corrected chi connectivity index (χ4v) is 7.28. The molecule has 0 aromatic rings. The Hall–Kier alpha value is -1.04. The highest BCUT2D eigenvalue weighted by Crippen LogP contribution is 2.67. The number of hydrogen-bond donors (Lipinski definition) is 3. The van der Waals surface area contributed by atoms with Gasteiger partial charge in [0.05, 0.1) is 6.10 Å². The summed E-state index contributed by atoms with van der Waals surface area (Å²) in [4.78, 5) is 24.3. The van der Waals surface area contributed by atoms with Crippen molar-refractivity contribution in [2.24, 2.45) is 28.6 Å². The maximum absolute atomic E-state index is 12.4. The Morgan fingerprint density at radius 3 is 2.65 bits per heavy atom. The lowest BCUT2D eigenvalue weighted by atomic mass is 9.45. The Kier molecular flexibility index (Phi) is 4.04. The fraction of sp³-hybridized carbons (Fsp3) is 0.810. The van der Waals surface area contributed by atoms with Gasteiger partial charge in [-0.15, -0.1) is 0 Å². The van der Waals surface area contributed by atoms with Crippen LogP contribution in [0.3, 0.4) is 0 Å². The molecular weight excluding hydrogens is 332 g/mol. The number of rotatable bonds is 2. The summed E-state index contributed by atoms with van der Waals surface area (Å²) in [6, 6.07) is 0. The third-order valence-corrected chi connectivity index (χ3v) is 8.65. The Balaban J connectivity index is 1.74. The van der Waals surface area contributed by atoms with Crippen molar-refractivity contribution in [3.05, 3.63) is 11.6 Å². The van der Waals surface area contributed by atoms with E-state index in [0.717, 1.165) is 25.7 Å².